The van der Waals surface area contributed by atoms with Crippen LogP contribution in [-0.2, 0) is 9.53 Å². The van der Waals surface area contributed by atoms with Gasteiger partial charge in [0.1, 0.15) is 6.04 Å². The quantitative estimate of drug-likeness (QED) is 0.511. The average molecular weight is 504 g/mol. The smallest absolute Gasteiger partial charge is 0.338 e. The number of allylic oxidation sites excluding steroid dienone is 1. The maximum Gasteiger partial charge on any atom is 0.338 e. The summed E-state index contributed by atoms with van der Waals surface area (Å²) < 4.78 is 8.00. The third-order valence-corrected chi connectivity index (χ3v) is 6.65. The van der Waals surface area contributed by atoms with E-state index in [1.165, 1.54) is 23.0 Å². The van der Waals surface area contributed by atoms with Gasteiger partial charge in [-0.15, -0.1) is 0 Å². The van der Waals surface area contributed by atoms with Crippen molar-refractivity contribution < 1.29 is 9.53 Å². The summed E-state index contributed by atoms with van der Waals surface area (Å²) in [6.07, 6.45) is 1.82. The van der Waals surface area contributed by atoms with Crippen molar-refractivity contribution in [1.82, 2.24) is 4.57 Å². The molecule has 1 aromatic heterocycles. The predicted octanol–water partition coefficient (Wildman–Crippen LogP) is 3.82. The van der Waals surface area contributed by atoms with E-state index in [-0.39, 0.29) is 5.56 Å². The molecule has 8 heteroatoms. The number of halogens is 2. The van der Waals surface area contributed by atoms with Crippen LogP contribution in [0.5, 0.6) is 0 Å². The van der Waals surface area contributed by atoms with Crippen LogP contribution in [0.4, 0.5) is 0 Å². The Bertz CT molecular complexity index is 1360. The highest BCUT2D eigenvalue weighted by molar-refractivity contribution is 9.10. The predicted molar refractivity (Wildman–Crippen MR) is 121 cm³/mol. The van der Waals surface area contributed by atoms with Crippen LogP contribution in [0.1, 0.15) is 24.1 Å². The van der Waals surface area contributed by atoms with Crippen LogP contribution in [0.2, 0.25) is 5.02 Å². The van der Waals surface area contributed by atoms with Gasteiger partial charge in [-0.3, -0.25) is 9.36 Å². The summed E-state index contributed by atoms with van der Waals surface area (Å²) in [6.45, 7) is 1.74. The molecule has 3 aromatic rings. The van der Waals surface area contributed by atoms with Crippen molar-refractivity contribution in [3.8, 4) is 0 Å². The normalized spacial score (nSPS) is 16.3. The van der Waals surface area contributed by atoms with E-state index in [0.717, 1.165) is 10.0 Å². The topological polar surface area (TPSA) is 60.7 Å². The van der Waals surface area contributed by atoms with Crippen molar-refractivity contribution >= 4 is 50.9 Å². The van der Waals surface area contributed by atoms with Crippen LogP contribution >= 0.6 is 38.9 Å². The molecule has 0 amide bonds. The van der Waals surface area contributed by atoms with Crippen molar-refractivity contribution in [2.24, 2.45) is 4.99 Å². The lowest BCUT2D eigenvalue weighted by atomic mass is 9.96. The van der Waals surface area contributed by atoms with Crippen molar-refractivity contribution in [3.63, 3.8) is 0 Å². The van der Waals surface area contributed by atoms with E-state index in [4.69, 9.17) is 16.3 Å². The molecular weight excluding hydrogens is 488 g/mol. The number of hydrogen-bond donors (Lipinski definition) is 0. The number of esters is 1. The number of hydrogen-bond acceptors (Lipinski definition) is 5. The second-order valence-electron chi connectivity index (χ2n) is 6.65. The lowest BCUT2D eigenvalue weighted by Gasteiger charge is -2.25. The van der Waals surface area contributed by atoms with E-state index in [0.29, 0.717) is 31.2 Å². The Labute approximate surface area is 189 Å². The summed E-state index contributed by atoms with van der Waals surface area (Å²) in [5, 5.41) is 0.459. The van der Waals surface area contributed by atoms with Gasteiger partial charge in [-0.25, -0.2) is 9.79 Å². The molecule has 0 spiro atoms. The highest BCUT2D eigenvalue weighted by Crippen LogP contribution is 2.34. The minimum atomic E-state index is -0.713. The molecule has 0 aliphatic carbocycles. The SMILES string of the molecule is COC(=O)C1=C(C)N=c2s/c(=C\c3ccc(Br)cc3)c(=O)n2C1c1ccccc1Cl. The highest BCUT2D eigenvalue weighted by Gasteiger charge is 2.34. The molecule has 1 atom stereocenters. The van der Waals surface area contributed by atoms with Crippen molar-refractivity contribution in [1.29, 1.82) is 0 Å². The van der Waals surface area contributed by atoms with Gasteiger partial charge in [-0.1, -0.05) is 69.2 Å². The summed E-state index contributed by atoms with van der Waals surface area (Å²) in [6, 6.07) is 14.1. The summed E-state index contributed by atoms with van der Waals surface area (Å²) >= 11 is 11.1. The highest BCUT2D eigenvalue weighted by atomic mass is 79.9. The molecule has 1 unspecified atom stereocenters. The van der Waals surface area contributed by atoms with Crippen LogP contribution < -0.4 is 14.9 Å². The number of rotatable bonds is 3. The molecule has 0 fully saturated rings. The van der Waals surface area contributed by atoms with E-state index >= 15 is 0 Å². The molecule has 0 saturated heterocycles. The van der Waals surface area contributed by atoms with Crippen LogP contribution in [0.15, 0.2) is 74.1 Å². The molecule has 2 aromatic carbocycles. The molecule has 1 aliphatic heterocycles. The molecule has 0 radical (unpaired) electrons. The molecule has 30 heavy (non-hydrogen) atoms. The first-order chi connectivity index (χ1) is 14.4. The molecule has 2 heterocycles. The number of benzene rings is 2. The van der Waals surface area contributed by atoms with Crippen LogP contribution in [0, 0.1) is 0 Å². The van der Waals surface area contributed by atoms with Gasteiger partial charge in [0, 0.05) is 9.50 Å². The van der Waals surface area contributed by atoms with Gasteiger partial charge < -0.3 is 4.74 Å². The number of carbonyl (C=O) groups excluding carboxylic acids is 1. The number of ether oxygens (including phenoxy) is 1. The Morgan fingerprint density at radius 2 is 1.93 bits per heavy atom. The van der Waals surface area contributed by atoms with Gasteiger partial charge in [0.25, 0.3) is 5.56 Å². The summed E-state index contributed by atoms with van der Waals surface area (Å²) in [4.78, 5) is 31.1. The van der Waals surface area contributed by atoms with Crippen molar-refractivity contribution in [3.05, 3.63) is 100 Å². The molecule has 0 bridgehead atoms. The molecule has 152 valence electrons. The second-order valence-corrected chi connectivity index (χ2v) is 8.98. The second kappa shape index (κ2) is 8.34. The Balaban J connectivity index is 2.00. The van der Waals surface area contributed by atoms with Gasteiger partial charge in [-0.2, -0.15) is 0 Å². The number of nitrogens with zero attached hydrogens (tertiary/aromatic N) is 2. The van der Waals surface area contributed by atoms with Gasteiger partial charge >= 0.3 is 5.97 Å². The summed E-state index contributed by atoms with van der Waals surface area (Å²) in [5.74, 6) is -0.539. The summed E-state index contributed by atoms with van der Waals surface area (Å²) in [5.41, 5.74) is 2.10. The van der Waals surface area contributed by atoms with E-state index in [1.54, 1.807) is 25.1 Å². The number of methoxy groups -OCH3 is 1. The summed E-state index contributed by atoms with van der Waals surface area (Å²) in [7, 11) is 1.31. The zero-order valence-electron chi connectivity index (χ0n) is 16.1. The fourth-order valence-electron chi connectivity index (χ4n) is 3.39. The molecule has 4 rings (SSSR count). The fourth-order valence-corrected chi connectivity index (χ4v) is 4.94. The zero-order chi connectivity index (χ0) is 21.4. The van der Waals surface area contributed by atoms with E-state index < -0.39 is 12.0 Å². The van der Waals surface area contributed by atoms with Gasteiger partial charge in [0.15, 0.2) is 4.80 Å². The molecule has 5 nitrogen and oxygen atoms in total. The monoisotopic (exact) mass is 502 g/mol. The molecular formula is C22H16BrClN2O3S. The lowest BCUT2D eigenvalue weighted by Crippen LogP contribution is -2.39. The van der Waals surface area contributed by atoms with Crippen molar-refractivity contribution in [2.45, 2.75) is 13.0 Å². The van der Waals surface area contributed by atoms with Crippen molar-refractivity contribution in [2.75, 3.05) is 7.11 Å². The van der Waals surface area contributed by atoms with Gasteiger partial charge in [0.2, 0.25) is 0 Å². The fraction of sp³-hybridized carbons (Fsp3) is 0.136. The van der Waals surface area contributed by atoms with E-state index in [1.807, 2.05) is 36.4 Å². The van der Waals surface area contributed by atoms with E-state index in [9.17, 15) is 9.59 Å². The Kier molecular flexibility index (Phi) is 5.77. The Morgan fingerprint density at radius 3 is 2.60 bits per heavy atom. The molecule has 1 aliphatic rings. The maximum absolute atomic E-state index is 13.4. The number of aromatic nitrogens is 1. The third kappa shape index (κ3) is 3.69. The van der Waals surface area contributed by atoms with Crippen LogP contribution in [0.3, 0.4) is 0 Å². The maximum atomic E-state index is 13.4. The minimum absolute atomic E-state index is 0.236. The van der Waals surface area contributed by atoms with Crippen LogP contribution in [-0.4, -0.2) is 17.6 Å². The number of fused-ring (bicyclic) bond motifs is 1. The Hall–Kier alpha value is -2.48. The molecule has 0 N–H and O–H groups in total. The first kappa shape index (κ1) is 20.8. The van der Waals surface area contributed by atoms with Crippen LogP contribution in [0.25, 0.3) is 6.08 Å². The number of carbonyl (C=O) groups is 1. The molecule has 0 saturated carbocycles. The average Bonchev–Trinajstić information content (AvgIpc) is 3.03. The van der Waals surface area contributed by atoms with E-state index in [2.05, 4.69) is 20.9 Å². The first-order valence-electron chi connectivity index (χ1n) is 9.01. The van der Waals surface area contributed by atoms with Gasteiger partial charge in [0.05, 0.1) is 22.9 Å². The first-order valence-corrected chi connectivity index (χ1v) is 11.0. The lowest BCUT2D eigenvalue weighted by molar-refractivity contribution is -0.136. The number of thiazole rings is 1. The van der Waals surface area contributed by atoms with Gasteiger partial charge in [-0.05, 0) is 42.3 Å². The third-order valence-electron chi connectivity index (χ3n) is 4.79. The zero-order valence-corrected chi connectivity index (χ0v) is 19.2. The Morgan fingerprint density at radius 1 is 1.23 bits per heavy atom. The largest absolute Gasteiger partial charge is 0.466 e. The minimum Gasteiger partial charge on any atom is -0.466 e. The standard InChI is InChI=1S/C22H16BrClN2O3S/c1-12-18(21(28)29-2)19(15-5-3-4-6-16(15)24)26-20(27)17(30-22(26)25-12)11-13-7-9-14(23)10-8-13/h3-11,19H,1-2H3/b17-11-.